The second kappa shape index (κ2) is 8.81. The van der Waals surface area contributed by atoms with Gasteiger partial charge in [0, 0.05) is 17.8 Å². The third-order valence-electron chi connectivity index (χ3n) is 3.86. The summed E-state index contributed by atoms with van der Waals surface area (Å²) in [4.78, 5) is 3.55. The van der Waals surface area contributed by atoms with E-state index in [0.717, 1.165) is 5.56 Å². The van der Waals surface area contributed by atoms with Gasteiger partial charge in [-0.1, -0.05) is 35.3 Å². The normalized spacial score (nSPS) is 12.0. The number of nitrogens with zero attached hydrogens (tertiary/aromatic N) is 1. The van der Waals surface area contributed by atoms with Crippen molar-refractivity contribution in [3.05, 3.63) is 82.0 Å². The van der Waals surface area contributed by atoms with Crippen LogP contribution in [0.15, 0.2) is 65.7 Å². The Hall–Kier alpha value is -2.33. The Kier molecular flexibility index (Phi) is 6.56. The number of hydrogen-bond acceptors (Lipinski definition) is 4. The number of nitrogens with one attached hydrogen (secondary N) is 1. The van der Waals surface area contributed by atoms with Crippen molar-refractivity contribution in [1.29, 1.82) is 0 Å². The van der Waals surface area contributed by atoms with Crippen molar-refractivity contribution in [3.8, 4) is 11.6 Å². The third-order valence-corrected chi connectivity index (χ3v) is 5.80. The lowest BCUT2D eigenvalue weighted by molar-refractivity contribution is -0.137. The molecule has 11 heteroatoms. The van der Waals surface area contributed by atoms with E-state index in [1.807, 2.05) is 0 Å². The lowest BCUT2D eigenvalue weighted by Gasteiger charge is -2.11. The minimum absolute atomic E-state index is 0.0183. The largest absolute Gasteiger partial charge is 0.438 e. The fourth-order valence-corrected chi connectivity index (χ4v) is 3.67. The molecule has 0 fully saturated rings. The number of rotatable bonds is 6. The molecule has 3 rings (SSSR count). The lowest BCUT2D eigenvalue weighted by atomic mass is 10.2. The summed E-state index contributed by atoms with van der Waals surface area (Å²) in [6.45, 7) is 0.0723. The smallest absolute Gasteiger partial charge is 0.417 e. The van der Waals surface area contributed by atoms with Crippen molar-refractivity contribution in [2.75, 3.05) is 0 Å². The maximum absolute atomic E-state index is 12.7. The second-order valence-corrected chi connectivity index (χ2v) is 8.64. The van der Waals surface area contributed by atoms with Crippen molar-refractivity contribution in [3.63, 3.8) is 0 Å². The molecule has 0 aliphatic carbocycles. The number of hydrogen-bond donors (Lipinski definition) is 1. The topological polar surface area (TPSA) is 68.3 Å². The fraction of sp³-hybridized carbons (Fsp3) is 0.105. The summed E-state index contributed by atoms with van der Waals surface area (Å²) in [5.41, 5.74) is -0.279. The molecule has 0 bridgehead atoms. The molecule has 3 aromatic rings. The molecule has 0 saturated heterocycles. The van der Waals surface area contributed by atoms with Crippen LogP contribution in [-0.4, -0.2) is 13.4 Å². The maximum atomic E-state index is 12.7. The van der Waals surface area contributed by atoms with E-state index in [1.165, 1.54) is 24.3 Å². The van der Waals surface area contributed by atoms with Crippen LogP contribution in [0.4, 0.5) is 13.2 Å². The average Bonchev–Trinajstić information content (AvgIpc) is 2.69. The van der Waals surface area contributed by atoms with Crippen LogP contribution in [0, 0.1) is 0 Å². The summed E-state index contributed by atoms with van der Waals surface area (Å²) in [5, 5.41) is 0.214. The van der Waals surface area contributed by atoms with Crippen LogP contribution in [0.3, 0.4) is 0 Å². The van der Waals surface area contributed by atoms with Crippen molar-refractivity contribution in [2.24, 2.45) is 0 Å². The summed E-state index contributed by atoms with van der Waals surface area (Å²) in [6, 6.07) is 12.7. The zero-order valence-electron chi connectivity index (χ0n) is 15.0. The van der Waals surface area contributed by atoms with Gasteiger partial charge in [-0.05, 0) is 48.0 Å². The number of sulfonamides is 1. The Balaban J connectivity index is 1.69. The van der Waals surface area contributed by atoms with Crippen molar-refractivity contribution < 1.29 is 26.3 Å². The Labute approximate surface area is 180 Å². The highest BCUT2D eigenvalue weighted by Crippen LogP contribution is 2.34. The maximum Gasteiger partial charge on any atom is 0.417 e. The molecule has 158 valence electrons. The molecular formula is C19H13Cl2F3N2O3S. The molecule has 1 heterocycles. The van der Waals surface area contributed by atoms with E-state index >= 15 is 0 Å². The molecular weight excluding hydrogens is 464 g/mol. The van der Waals surface area contributed by atoms with Crippen LogP contribution < -0.4 is 9.46 Å². The number of alkyl halides is 3. The molecule has 0 atom stereocenters. The molecule has 2 aromatic carbocycles. The first-order valence-electron chi connectivity index (χ1n) is 8.29. The predicted molar refractivity (Wildman–Crippen MR) is 106 cm³/mol. The molecule has 0 saturated carbocycles. The Morgan fingerprint density at radius 3 is 2.20 bits per heavy atom. The van der Waals surface area contributed by atoms with E-state index in [0.29, 0.717) is 17.3 Å². The zero-order valence-corrected chi connectivity index (χ0v) is 17.3. The van der Waals surface area contributed by atoms with Gasteiger partial charge in [-0.3, -0.25) is 0 Å². The van der Waals surface area contributed by atoms with Gasteiger partial charge >= 0.3 is 6.18 Å². The highest BCUT2D eigenvalue weighted by atomic mass is 35.5. The fourth-order valence-electron chi connectivity index (χ4n) is 2.32. The van der Waals surface area contributed by atoms with Crippen LogP contribution in [-0.2, 0) is 22.7 Å². The minimum Gasteiger partial charge on any atom is -0.438 e. The Morgan fingerprint density at radius 2 is 1.63 bits per heavy atom. The van der Waals surface area contributed by atoms with E-state index in [2.05, 4.69) is 9.71 Å². The van der Waals surface area contributed by atoms with Crippen LogP contribution in [0.2, 0.25) is 10.0 Å². The number of pyridine rings is 1. The average molecular weight is 477 g/mol. The molecule has 0 aliphatic rings. The highest BCUT2D eigenvalue weighted by Gasteiger charge is 2.31. The molecule has 0 unspecified atom stereocenters. The molecule has 30 heavy (non-hydrogen) atoms. The molecule has 1 aromatic heterocycles. The number of ether oxygens (including phenoxy) is 1. The number of aromatic nitrogens is 1. The molecule has 0 spiro atoms. The third kappa shape index (κ3) is 5.63. The standard InChI is InChI=1S/C19H13Cl2F3N2O3S/c20-14-3-1-12(2-4-14)10-26-30(27,28)16-7-5-15(6-8-16)29-18-17(21)9-13(11-25-18)19(22,23)24/h1-9,11,26H,10H2. The van der Waals surface area contributed by atoms with Gasteiger partial charge in [0.25, 0.3) is 0 Å². The van der Waals surface area contributed by atoms with Gasteiger partial charge in [-0.25, -0.2) is 18.1 Å². The van der Waals surface area contributed by atoms with Crippen molar-refractivity contribution in [2.45, 2.75) is 17.6 Å². The van der Waals surface area contributed by atoms with E-state index in [4.69, 9.17) is 27.9 Å². The van der Waals surface area contributed by atoms with Gasteiger partial charge in [0.15, 0.2) is 0 Å². The highest BCUT2D eigenvalue weighted by molar-refractivity contribution is 7.89. The first-order valence-corrected chi connectivity index (χ1v) is 10.5. The van der Waals surface area contributed by atoms with Crippen molar-refractivity contribution in [1.82, 2.24) is 9.71 Å². The summed E-state index contributed by atoms with van der Waals surface area (Å²) >= 11 is 11.6. The van der Waals surface area contributed by atoms with E-state index in [9.17, 15) is 21.6 Å². The quantitative estimate of drug-likeness (QED) is 0.496. The van der Waals surface area contributed by atoms with Gasteiger partial charge in [-0.15, -0.1) is 0 Å². The Bertz CT molecular complexity index is 1140. The molecule has 5 nitrogen and oxygen atoms in total. The first kappa shape index (κ1) is 22.4. The second-order valence-electron chi connectivity index (χ2n) is 6.03. The number of halogens is 5. The number of benzene rings is 2. The Morgan fingerprint density at radius 1 is 1.00 bits per heavy atom. The van der Waals surface area contributed by atoms with Gasteiger partial charge in [0.2, 0.25) is 15.9 Å². The van der Waals surface area contributed by atoms with E-state index in [-0.39, 0.29) is 28.1 Å². The van der Waals surface area contributed by atoms with Crippen LogP contribution in [0.1, 0.15) is 11.1 Å². The van der Waals surface area contributed by atoms with Gasteiger partial charge in [0.1, 0.15) is 10.8 Å². The molecule has 0 amide bonds. The SMILES string of the molecule is O=S(=O)(NCc1ccc(Cl)cc1)c1ccc(Oc2ncc(C(F)(F)F)cc2Cl)cc1. The van der Waals surface area contributed by atoms with Gasteiger partial charge in [-0.2, -0.15) is 13.2 Å². The molecule has 1 N–H and O–H groups in total. The van der Waals surface area contributed by atoms with Gasteiger partial charge < -0.3 is 4.74 Å². The molecule has 0 aliphatic heterocycles. The van der Waals surface area contributed by atoms with Crippen molar-refractivity contribution >= 4 is 33.2 Å². The monoisotopic (exact) mass is 476 g/mol. The summed E-state index contributed by atoms with van der Waals surface area (Å²) in [5.74, 6) is -0.0815. The summed E-state index contributed by atoms with van der Waals surface area (Å²) in [7, 11) is -3.79. The van der Waals surface area contributed by atoms with Crippen LogP contribution >= 0.6 is 23.2 Å². The van der Waals surface area contributed by atoms with E-state index < -0.39 is 21.8 Å². The summed E-state index contributed by atoms with van der Waals surface area (Å²) in [6.07, 6.45) is -3.98. The lowest BCUT2D eigenvalue weighted by Crippen LogP contribution is -2.23. The van der Waals surface area contributed by atoms with Gasteiger partial charge in [0.05, 0.1) is 10.5 Å². The minimum atomic E-state index is -4.58. The predicted octanol–water partition coefficient (Wildman–Crippen LogP) is 5.68. The first-order chi connectivity index (χ1) is 14.0. The molecule has 0 radical (unpaired) electrons. The zero-order chi connectivity index (χ0) is 21.9. The summed E-state index contributed by atoms with van der Waals surface area (Å²) < 4.78 is 70.6. The van der Waals surface area contributed by atoms with E-state index in [1.54, 1.807) is 24.3 Å². The van der Waals surface area contributed by atoms with Crippen LogP contribution in [0.25, 0.3) is 0 Å². The van der Waals surface area contributed by atoms with Crippen LogP contribution in [0.5, 0.6) is 11.6 Å².